The van der Waals surface area contributed by atoms with Crippen molar-refractivity contribution in [1.82, 2.24) is 29.9 Å². The van der Waals surface area contributed by atoms with E-state index in [1.54, 1.807) is 4.68 Å². The van der Waals surface area contributed by atoms with Crippen LogP contribution >= 0.6 is 0 Å². The maximum atomic E-state index is 12.2. The molecule has 8 heteroatoms. The summed E-state index contributed by atoms with van der Waals surface area (Å²) in [6.45, 7) is 0. The number of carbonyl (C=O) groups excluding carboxylic acids is 1. The van der Waals surface area contributed by atoms with Crippen LogP contribution in [-0.4, -0.2) is 35.9 Å². The van der Waals surface area contributed by atoms with Gasteiger partial charge < -0.3 is 10.3 Å². The van der Waals surface area contributed by atoms with Gasteiger partial charge in [-0.15, -0.1) is 0 Å². The van der Waals surface area contributed by atoms with Gasteiger partial charge in [-0.1, -0.05) is 30.3 Å². The number of nitrogens with one attached hydrogen (secondary N) is 3. The molecule has 4 aromatic rings. The number of imidazole rings is 1. The monoisotopic (exact) mass is 307 g/mol. The molecule has 3 aromatic heterocycles. The number of carbonyl (C=O) groups is 1. The quantitative estimate of drug-likeness (QED) is 0.538. The first-order valence-electron chi connectivity index (χ1n) is 7.00. The van der Waals surface area contributed by atoms with E-state index in [0.29, 0.717) is 17.2 Å². The van der Waals surface area contributed by atoms with Crippen molar-refractivity contribution < 1.29 is 4.79 Å². The van der Waals surface area contributed by atoms with Crippen LogP contribution in [0.25, 0.3) is 22.3 Å². The van der Waals surface area contributed by atoms with Crippen molar-refractivity contribution in [3.8, 4) is 11.3 Å². The number of hydrogen-bond acceptors (Lipinski definition) is 4. The smallest absolute Gasteiger partial charge is 0.274 e. The summed E-state index contributed by atoms with van der Waals surface area (Å²) < 4.78 is 1.68. The summed E-state index contributed by atoms with van der Waals surface area (Å²) >= 11 is 0. The van der Waals surface area contributed by atoms with Crippen molar-refractivity contribution in [3.63, 3.8) is 0 Å². The highest BCUT2D eigenvalue weighted by atomic mass is 16.2. The molecule has 0 unspecified atom stereocenters. The molecule has 0 atom stereocenters. The first-order chi connectivity index (χ1) is 11.2. The van der Waals surface area contributed by atoms with Gasteiger partial charge in [0.15, 0.2) is 5.65 Å². The highest BCUT2D eigenvalue weighted by Gasteiger charge is 2.19. The van der Waals surface area contributed by atoms with Crippen molar-refractivity contribution in [2.24, 2.45) is 7.05 Å². The van der Waals surface area contributed by atoms with Crippen LogP contribution in [0, 0.1) is 0 Å². The molecule has 0 saturated carbocycles. The van der Waals surface area contributed by atoms with Crippen molar-refractivity contribution in [2.45, 2.75) is 0 Å². The minimum absolute atomic E-state index is 0.295. The Morgan fingerprint density at radius 3 is 2.83 bits per heavy atom. The van der Waals surface area contributed by atoms with Crippen molar-refractivity contribution >= 4 is 22.8 Å². The topological polar surface area (TPSA) is 104 Å². The van der Waals surface area contributed by atoms with E-state index in [9.17, 15) is 4.79 Å². The number of nitrogens with zero attached hydrogens (tertiary/aromatic N) is 4. The van der Waals surface area contributed by atoms with Crippen LogP contribution < -0.4 is 5.32 Å². The second-order valence-corrected chi connectivity index (χ2v) is 5.05. The summed E-state index contributed by atoms with van der Waals surface area (Å²) in [7, 11) is 1.82. The number of rotatable bonds is 3. The fourth-order valence-corrected chi connectivity index (χ4v) is 2.49. The van der Waals surface area contributed by atoms with Crippen LogP contribution in [0.2, 0.25) is 0 Å². The Hall–Kier alpha value is -3.42. The second-order valence-electron chi connectivity index (χ2n) is 5.05. The van der Waals surface area contributed by atoms with Gasteiger partial charge in [0.1, 0.15) is 17.2 Å². The Labute approximate surface area is 130 Å². The Bertz CT molecular complexity index is 966. The first-order valence-corrected chi connectivity index (χ1v) is 7.00. The first kappa shape index (κ1) is 13.3. The molecule has 0 spiro atoms. The molecule has 114 valence electrons. The molecule has 0 fully saturated rings. The maximum Gasteiger partial charge on any atom is 0.274 e. The summed E-state index contributed by atoms with van der Waals surface area (Å²) in [6, 6.07) is 9.77. The molecule has 0 aliphatic heterocycles. The lowest BCUT2D eigenvalue weighted by molar-refractivity contribution is 0.102. The number of aromatic nitrogens is 6. The molecule has 0 radical (unpaired) electrons. The standard InChI is InChI=1S/C15H13N7O/c1-22-14-11(12(21-22)9-5-3-2-4-6-9)13(19-20-14)18-15(23)10-7-16-8-17-10/h2-8H,1H3,(H,16,17)(H2,18,19,20,23). The fourth-order valence-electron chi connectivity index (χ4n) is 2.49. The SMILES string of the molecule is Cn1nc(-c2ccccc2)c2c(NC(=O)c3cnc[nH]3)[nH]nc21. The van der Waals surface area contributed by atoms with E-state index in [1.807, 2.05) is 37.4 Å². The van der Waals surface area contributed by atoms with Gasteiger partial charge in [-0.25, -0.2) is 9.67 Å². The molecule has 3 N–H and O–H groups in total. The highest BCUT2D eigenvalue weighted by molar-refractivity contribution is 6.09. The summed E-state index contributed by atoms with van der Waals surface area (Å²) in [4.78, 5) is 18.8. The van der Waals surface area contributed by atoms with E-state index >= 15 is 0 Å². The van der Waals surface area contributed by atoms with E-state index in [0.717, 1.165) is 16.6 Å². The third-order valence-electron chi connectivity index (χ3n) is 3.57. The van der Waals surface area contributed by atoms with Crippen molar-refractivity contribution in [1.29, 1.82) is 0 Å². The van der Waals surface area contributed by atoms with Crippen molar-refractivity contribution in [3.05, 3.63) is 48.5 Å². The van der Waals surface area contributed by atoms with Crippen LogP contribution in [0.3, 0.4) is 0 Å². The Morgan fingerprint density at radius 1 is 1.26 bits per heavy atom. The molecule has 0 bridgehead atoms. The predicted molar refractivity (Wildman–Crippen MR) is 84.8 cm³/mol. The van der Waals surface area contributed by atoms with Gasteiger partial charge in [0.25, 0.3) is 5.91 Å². The van der Waals surface area contributed by atoms with Crippen LogP contribution in [0.15, 0.2) is 42.9 Å². The van der Waals surface area contributed by atoms with Gasteiger partial charge in [-0.3, -0.25) is 9.89 Å². The van der Waals surface area contributed by atoms with Gasteiger partial charge in [0.05, 0.1) is 17.9 Å². The lowest BCUT2D eigenvalue weighted by atomic mass is 10.1. The molecule has 1 amide bonds. The summed E-state index contributed by atoms with van der Waals surface area (Å²) in [5, 5.41) is 15.2. The largest absolute Gasteiger partial charge is 0.341 e. The van der Waals surface area contributed by atoms with E-state index in [1.165, 1.54) is 12.5 Å². The van der Waals surface area contributed by atoms with E-state index in [2.05, 4.69) is 30.6 Å². The molecule has 0 aliphatic carbocycles. The number of H-pyrrole nitrogens is 2. The predicted octanol–water partition coefficient (Wildman–Crippen LogP) is 1.94. The van der Waals surface area contributed by atoms with Gasteiger partial charge in [0.2, 0.25) is 0 Å². The summed E-state index contributed by atoms with van der Waals surface area (Å²) in [5.74, 6) is 0.211. The van der Waals surface area contributed by atoms with E-state index < -0.39 is 0 Å². The molecule has 3 heterocycles. The number of aromatic amines is 2. The molecule has 8 nitrogen and oxygen atoms in total. The fraction of sp³-hybridized carbons (Fsp3) is 0.0667. The Morgan fingerprint density at radius 2 is 2.09 bits per heavy atom. The average Bonchev–Trinajstić information content (AvgIpc) is 3.28. The summed E-state index contributed by atoms with van der Waals surface area (Å²) in [5.41, 5.74) is 2.76. The van der Waals surface area contributed by atoms with Gasteiger partial charge in [-0.2, -0.15) is 10.2 Å². The number of aryl methyl sites for hydroxylation is 1. The summed E-state index contributed by atoms with van der Waals surface area (Å²) in [6.07, 6.45) is 2.92. The second kappa shape index (κ2) is 5.09. The minimum atomic E-state index is -0.295. The zero-order valence-electron chi connectivity index (χ0n) is 12.2. The van der Waals surface area contributed by atoms with Gasteiger partial charge in [0, 0.05) is 12.6 Å². The third kappa shape index (κ3) is 2.16. The number of anilines is 1. The van der Waals surface area contributed by atoms with Crippen LogP contribution in [0.5, 0.6) is 0 Å². The minimum Gasteiger partial charge on any atom is -0.341 e. The molecule has 0 saturated heterocycles. The molecule has 23 heavy (non-hydrogen) atoms. The Balaban J connectivity index is 1.81. The molecule has 1 aromatic carbocycles. The van der Waals surface area contributed by atoms with Gasteiger partial charge in [-0.05, 0) is 0 Å². The molecular weight excluding hydrogens is 294 g/mol. The zero-order valence-corrected chi connectivity index (χ0v) is 12.2. The van der Waals surface area contributed by atoms with Crippen molar-refractivity contribution in [2.75, 3.05) is 5.32 Å². The third-order valence-corrected chi connectivity index (χ3v) is 3.57. The number of hydrogen-bond donors (Lipinski definition) is 3. The Kier molecular flexibility index (Phi) is 2.94. The van der Waals surface area contributed by atoms with Crippen LogP contribution in [-0.2, 0) is 7.05 Å². The molecule has 0 aliphatic rings. The number of benzene rings is 1. The zero-order chi connectivity index (χ0) is 15.8. The lowest BCUT2D eigenvalue weighted by Gasteiger charge is -2.02. The average molecular weight is 307 g/mol. The lowest BCUT2D eigenvalue weighted by Crippen LogP contribution is -2.12. The van der Waals surface area contributed by atoms with E-state index in [4.69, 9.17) is 0 Å². The highest BCUT2D eigenvalue weighted by Crippen LogP contribution is 2.31. The molecule has 4 rings (SSSR count). The number of amides is 1. The van der Waals surface area contributed by atoms with Gasteiger partial charge >= 0.3 is 0 Å². The van der Waals surface area contributed by atoms with E-state index in [-0.39, 0.29) is 5.91 Å². The normalized spacial score (nSPS) is 11.0. The molecular formula is C15H13N7O. The van der Waals surface area contributed by atoms with Crippen LogP contribution in [0.1, 0.15) is 10.5 Å². The number of fused-ring (bicyclic) bond motifs is 1. The van der Waals surface area contributed by atoms with Crippen LogP contribution in [0.4, 0.5) is 5.82 Å². The maximum absolute atomic E-state index is 12.2.